The van der Waals surface area contributed by atoms with Gasteiger partial charge in [-0.25, -0.2) is 8.42 Å². The summed E-state index contributed by atoms with van der Waals surface area (Å²) >= 11 is 0. The number of fused-ring (bicyclic) bond motifs is 1. The number of benzene rings is 2. The number of ether oxygens (including phenoxy) is 3. The van der Waals surface area contributed by atoms with Gasteiger partial charge in [-0.05, 0) is 35.9 Å². The van der Waals surface area contributed by atoms with Crippen LogP contribution in [0.15, 0.2) is 45.7 Å². The van der Waals surface area contributed by atoms with Gasteiger partial charge in [0.15, 0.2) is 27.1 Å². The second-order valence-corrected chi connectivity index (χ2v) is 8.14. The SMILES string of the molecule is COC(=O)Cc1ccc2oc(-c3ccc(OC)c(OC)c3)c(S(C)(=O)=O)c2c1. The van der Waals surface area contributed by atoms with Gasteiger partial charge in [-0.2, -0.15) is 0 Å². The topological polar surface area (TPSA) is 92.0 Å². The van der Waals surface area contributed by atoms with E-state index in [9.17, 15) is 13.2 Å². The Morgan fingerprint density at radius 1 is 1.00 bits per heavy atom. The second-order valence-electron chi connectivity index (χ2n) is 6.19. The third kappa shape index (κ3) is 3.68. The van der Waals surface area contributed by atoms with Crippen LogP contribution in [0.2, 0.25) is 0 Å². The Balaban J connectivity index is 2.24. The second kappa shape index (κ2) is 7.55. The van der Waals surface area contributed by atoms with Crippen molar-refractivity contribution in [3.63, 3.8) is 0 Å². The number of rotatable bonds is 6. The van der Waals surface area contributed by atoms with Crippen molar-refractivity contribution in [3.05, 3.63) is 42.0 Å². The zero-order valence-electron chi connectivity index (χ0n) is 15.9. The molecule has 0 radical (unpaired) electrons. The molecule has 0 amide bonds. The first kappa shape index (κ1) is 19.8. The van der Waals surface area contributed by atoms with Crippen LogP contribution in [0.4, 0.5) is 0 Å². The maximum absolute atomic E-state index is 12.6. The molecule has 7 nitrogen and oxygen atoms in total. The first-order chi connectivity index (χ1) is 13.3. The summed E-state index contributed by atoms with van der Waals surface area (Å²) in [5.41, 5.74) is 1.56. The average molecular weight is 404 g/mol. The number of sulfone groups is 1. The molecule has 0 aliphatic heterocycles. The summed E-state index contributed by atoms with van der Waals surface area (Å²) in [7, 11) is 0.683. The largest absolute Gasteiger partial charge is 0.493 e. The predicted octanol–water partition coefficient (Wildman–Crippen LogP) is 3.24. The highest BCUT2D eigenvalue weighted by Crippen LogP contribution is 2.40. The van der Waals surface area contributed by atoms with Crippen molar-refractivity contribution in [2.75, 3.05) is 27.6 Å². The van der Waals surface area contributed by atoms with Crippen molar-refractivity contribution < 1.29 is 31.8 Å². The monoisotopic (exact) mass is 404 g/mol. The molecule has 3 rings (SSSR count). The standard InChI is InChI=1S/C20H20O7S/c1-24-16-8-6-13(11-17(16)25-2)19-20(28(4,22)23)14-9-12(10-18(21)26-3)5-7-15(14)27-19/h5-9,11H,10H2,1-4H3. The fraction of sp³-hybridized carbons (Fsp3) is 0.250. The van der Waals surface area contributed by atoms with Crippen molar-refractivity contribution in [2.45, 2.75) is 11.3 Å². The van der Waals surface area contributed by atoms with Crippen molar-refractivity contribution in [1.82, 2.24) is 0 Å². The Hall–Kier alpha value is -3.00. The lowest BCUT2D eigenvalue weighted by Crippen LogP contribution is -2.04. The summed E-state index contributed by atoms with van der Waals surface area (Å²) in [6.07, 6.45) is 1.15. The Bertz CT molecular complexity index is 1140. The molecule has 0 N–H and O–H groups in total. The molecule has 3 aromatic rings. The fourth-order valence-electron chi connectivity index (χ4n) is 3.01. The predicted molar refractivity (Wildman–Crippen MR) is 104 cm³/mol. The number of carbonyl (C=O) groups excluding carboxylic acids is 1. The molecule has 0 atom stereocenters. The molecule has 28 heavy (non-hydrogen) atoms. The Morgan fingerprint density at radius 3 is 2.32 bits per heavy atom. The molecule has 2 aromatic carbocycles. The molecule has 0 fully saturated rings. The number of carbonyl (C=O) groups is 1. The van der Waals surface area contributed by atoms with Gasteiger partial charge in [-0.1, -0.05) is 6.07 Å². The minimum atomic E-state index is -3.63. The third-order valence-corrected chi connectivity index (χ3v) is 5.45. The summed E-state index contributed by atoms with van der Waals surface area (Å²) in [5, 5.41) is 0.411. The lowest BCUT2D eigenvalue weighted by atomic mass is 10.1. The zero-order valence-corrected chi connectivity index (χ0v) is 16.8. The van der Waals surface area contributed by atoms with Gasteiger partial charge in [-0.3, -0.25) is 4.79 Å². The molecule has 0 spiro atoms. The van der Waals surface area contributed by atoms with Crippen molar-refractivity contribution >= 4 is 26.8 Å². The molecule has 1 heterocycles. The van der Waals surface area contributed by atoms with Crippen LogP contribution in [0.25, 0.3) is 22.3 Å². The first-order valence-electron chi connectivity index (χ1n) is 8.33. The first-order valence-corrected chi connectivity index (χ1v) is 10.2. The summed E-state index contributed by atoms with van der Waals surface area (Å²) in [5.74, 6) is 0.757. The van der Waals surface area contributed by atoms with E-state index in [1.165, 1.54) is 21.3 Å². The fourth-order valence-corrected chi connectivity index (χ4v) is 4.06. The number of hydrogen-bond donors (Lipinski definition) is 0. The lowest BCUT2D eigenvalue weighted by Gasteiger charge is -2.09. The lowest BCUT2D eigenvalue weighted by molar-refractivity contribution is -0.139. The van der Waals surface area contributed by atoms with E-state index in [-0.39, 0.29) is 17.1 Å². The summed E-state index contributed by atoms with van der Waals surface area (Å²) < 4.78 is 46.2. The van der Waals surface area contributed by atoms with Gasteiger partial charge in [0.1, 0.15) is 10.5 Å². The van der Waals surface area contributed by atoms with Crippen LogP contribution in [0.1, 0.15) is 5.56 Å². The van der Waals surface area contributed by atoms with Gasteiger partial charge in [-0.15, -0.1) is 0 Å². The van der Waals surface area contributed by atoms with E-state index < -0.39 is 15.8 Å². The van der Waals surface area contributed by atoms with Crippen LogP contribution in [0.5, 0.6) is 11.5 Å². The van der Waals surface area contributed by atoms with E-state index in [0.717, 1.165) is 6.26 Å². The van der Waals surface area contributed by atoms with Crippen LogP contribution in [0, 0.1) is 0 Å². The van der Waals surface area contributed by atoms with Gasteiger partial charge in [0.25, 0.3) is 0 Å². The van der Waals surface area contributed by atoms with Gasteiger partial charge in [0.05, 0.1) is 27.8 Å². The minimum absolute atomic E-state index is 0.0342. The average Bonchev–Trinajstić information content (AvgIpc) is 3.06. The molecule has 8 heteroatoms. The summed E-state index contributed by atoms with van der Waals surface area (Å²) in [6, 6.07) is 10.0. The maximum atomic E-state index is 12.6. The third-order valence-electron chi connectivity index (χ3n) is 4.30. The highest BCUT2D eigenvalue weighted by molar-refractivity contribution is 7.91. The van der Waals surface area contributed by atoms with Crippen LogP contribution in [0.3, 0.4) is 0 Å². The molecule has 1 aromatic heterocycles. The Labute approximate surface area is 162 Å². The number of hydrogen-bond acceptors (Lipinski definition) is 7. The number of methoxy groups -OCH3 is 3. The summed E-state index contributed by atoms with van der Waals surface area (Å²) in [4.78, 5) is 11.6. The smallest absolute Gasteiger partial charge is 0.309 e. The van der Waals surface area contributed by atoms with Crippen molar-refractivity contribution in [3.8, 4) is 22.8 Å². The van der Waals surface area contributed by atoms with E-state index in [2.05, 4.69) is 4.74 Å². The molecule has 0 saturated heterocycles. The quantitative estimate of drug-likeness (QED) is 0.582. The van der Waals surface area contributed by atoms with E-state index in [0.29, 0.717) is 33.6 Å². The van der Waals surface area contributed by atoms with E-state index in [1.54, 1.807) is 36.4 Å². The van der Waals surface area contributed by atoms with E-state index >= 15 is 0 Å². The molecule has 0 bridgehead atoms. The van der Waals surface area contributed by atoms with E-state index in [4.69, 9.17) is 13.9 Å². The highest BCUT2D eigenvalue weighted by Gasteiger charge is 2.25. The van der Waals surface area contributed by atoms with Gasteiger partial charge < -0.3 is 18.6 Å². The van der Waals surface area contributed by atoms with Crippen LogP contribution in [-0.4, -0.2) is 42.0 Å². The van der Waals surface area contributed by atoms with E-state index in [1.807, 2.05) is 0 Å². The molecular weight excluding hydrogens is 384 g/mol. The molecule has 0 unspecified atom stereocenters. The number of esters is 1. The van der Waals surface area contributed by atoms with Crippen molar-refractivity contribution in [2.24, 2.45) is 0 Å². The zero-order chi connectivity index (χ0) is 20.5. The Kier molecular flexibility index (Phi) is 5.33. The minimum Gasteiger partial charge on any atom is -0.493 e. The maximum Gasteiger partial charge on any atom is 0.309 e. The van der Waals surface area contributed by atoms with Crippen LogP contribution < -0.4 is 9.47 Å². The highest BCUT2D eigenvalue weighted by atomic mass is 32.2. The van der Waals surface area contributed by atoms with Gasteiger partial charge >= 0.3 is 5.97 Å². The number of furan rings is 1. The van der Waals surface area contributed by atoms with Gasteiger partial charge in [0, 0.05) is 17.2 Å². The molecule has 148 valence electrons. The molecule has 0 aliphatic carbocycles. The molecule has 0 aliphatic rings. The van der Waals surface area contributed by atoms with Crippen LogP contribution >= 0.6 is 0 Å². The van der Waals surface area contributed by atoms with Crippen LogP contribution in [-0.2, 0) is 25.8 Å². The Morgan fingerprint density at radius 2 is 1.71 bits per heavy atom. The summed E-state index contributed by atoms with van der Waals surface area (Å²) in [6.45, 7) is 0. The molecule has 0 saturated carbocycles. The normalized spacial score (nSPS) is 11.4. The van der Waals surface area contributed by atoms with Gasteiger partial charge in [0.2, 0.25) is 0 Å². The molecular formula is C20H20O7S. The van der Waals surface area contributed by atoms with Crippen molar-refractivity contribution in [1.29, 1.82) is 0 Å².